The number of thiazole rings is 1. The number of carbonyl (C=O) groups is 1. The first-order valence-corrected chi connectivity index (χ1v) is 17.9. The van der Waals surface area contributed by atoms with Gasteiger partial charge in [0.25, 0.3) is 11.2 Å². The standard InChI is InChI=1S/C32H24Cl2N6O5S3/c1-4-45-30(42)26-16(2)35-32-39(27(26)18-6-9-20(46-3)10-7-18)29(41)25(48-32)14-17-5-12-24(23(13-17)40(43)44)47-31-36-28(37-38-31)21-11-8-19(33)15-22(21)34/h5-15,27H,4H2,1-3H3,(H,36,37,38)/b25-14+/t27-/m0/s1. The van der Waals surface area contributed by atoms with E-state index in [-0.39, 0.29) is 28.6 Å². The summed E-state index contributed by atoms with van der Waals surface area (Å²) in [4.78, 5) is 49.5. The Kier molecular flexibility index (Phi) is 9.90. The number of benzene rings is 3. The molecular weight excluding hydrogens is 715 g/mol. The van der Waals surface area contributed by atoms with Gasteiger partial charge in [-0.3, -0.25) is 24.6 Å². The van der Waals surface area contributed by atoms with E-state index in [1.165, 1.54) is 10.6 Å². The number of allylic oxidation sites excluding steroid dienone is 1. The Balaban J connectivity index is 1.37. The highest BCUT2D eigenvalue weighted by Gasteiger charge is 2.33. The van der Waals surface area contributed by atoms with E-state index in [4.69, 9.17) is 27.9 Å². The quantitative estimate of drug-likeness (QED) is 0.0758. The number of halogens is 2. The molecule has 1 N–H and O–H groups in total. The smallest absolute Gasteiger partial charge is 0.338 e. The van der Waals surface area contributed by atoms with Crippen LogP contribution in [0.25, 0.3) is 17.5 Å². The fourth-order valence-electron chi connectivity index (χ4n) is 5.09. The van der Waals surface area contributed by atoms with Crippen molar-refractivity contribution in [2.24, 2.45) is 4.99 Å². The number of hydrogen-bond donors (Lipinski definition) is 1. The van der Waals surface area contributed by atoms with Gasteiger partial charge in [0.15, 0.2) is 10.6 Å². The lowest BCUT2D eigenvalue weighted by molar-refractivity contribution is -0.387. The van der Waals surface area contributed by atoms with Crippen LogP contribution >= 0.6 is 58.1 Å². The van der Waals surface area contributed by atoms with Crippen LogP contribution in [0.15, 0.2) is 96.7 Å². The van der Waals surface area contributed by atoms with Crippen LogP contribution in [0.4, 0.5) is 5.69 Å². The van der Waals surface area contributed by atoms with Gasteiger partial charge in [-0.25, -0.2) is 14.8 Å². The SMILES string of the molecule is CCOC(=O)C1=C(C)N=c2s/c(=C/c3ccc(Sc4n[nH]c(-c5ccc(Cl)cc5Cl)n4)c([N+](=O)[O-])c3)c(=O)n2[C@H]1c1ccc(SC)cc1. The molecule has 11 nitrogen and oxygen atoms in total. The molecule has 0 unspecified atom stereocenters. The summed E-state index contributed by atoms with van der Waals surface area (Å²) in [6.07, 6.45) is 3.54. The minimum atomic E-state index is -0.763. The molecule has 1 aliphatic rings. The summed E-state index contributed by atoms with van der Waals surface area (Å²) in [5, 5.41) is 20.2. The van der Waals surface area contributed by atoms with Crippen LogP contribution in [0.1, 0.15) is 31.0 Å². The minimum Gasteiger partial charge on any atom is -0.463 e. The molecule has 1 aliphatic heterocycles. The molecule has 0 fully saturated rings. The third kappa shape index (κ3) is 6.71. The van der Waals surface area contributed by atoms with Crippen LogP contribution in [0.2, 0.25) is 10.0 Å². The van der Waals surface area contributed by atoms with E-state index in [2.05, 4.69) is 20.2 Å². The molecule has 2 aromatic heterocycles. The van der Waals surface area contributed by atoms with E-state index in [1.54, 1.807) is 62.0 Å². The molecule has 0 amide bonds. The zero-order valence-electron chi connectivity index (χ0n) is 25.4. The molecule has 3 heterocycles. The average Bonchev–Trinajstić information content (AvgIpc) is 3.64. The largest absolute Gasteiger partial charge is 0.463 e. The van der Waals surface area contributed by atoms with E-state index < -0.39 is 16.9 Å². The van der Waals surface area contributed by atoms with Crippen LogP contribution in [-0.2, 0) is 9.53 Å². The molecule has 0 saturated carbocycles. The third-order valence-corrected chi connectivity index (χ3v) is 10.5. The van der Waals surface area contributed by atoms with Gasteiger partial charge >= 0.3 is 5.97 Å². The highest BCUT2D eigenvalue weighted by atomic mass is 35.5. The van der Waals surface area contributed by atoms with Crippen molar-refractivity contribution in [3.63, 3.8) is 0 Å². The van der Waals surface area contributed by atoms with Crippen LogP contribution in [-0.4, -0.2) is 43.5 Å². The number of aromatic amines is 1. The maximum Gasteiger partial charge on any atom is 0.338 e. The molecular formula is C32H24Cl2N6O5S3. The summed E-state index contributed by atoms with van der Waals surface area (Å²) in [5.41, 5.74) is 1.89. The second-order valence-electron chi connectivity index (χ2n) is 10.3. The minimum absolute atomic E-state index is 0.166. The summed E-state index contributed by atoms with van der Waals surface area (Å²) < 4.78 is 7.14. The number of fused-ring (bicyclic) bond motifs is 1. The van der Waals surface area contributed by atoms with Crippen LogP contribution in [0.5, 0.6) is 0 Å². The number of esters is 1. The summed E-state index contributed by atoms with van der Waals surface area (Å²) in [6, 6.07) is 16.4. The fourth-order valence-corrected chi connectivity index (χ4v) is 7.84. The number of ether oxygens (including phenoxy) is 1. The Morgan fingerprint density at radius 3 is 2.62 bits per heavy atom. The maximum atomic E-state index is 14.0. The molecule has 6 rings (SSSR count). The average molecular weight is 740 g/mol. The van der Waals surface area contributed by atoms with Crippen molar-refractivity contribution in [1.82, 2.24) is 19.7 Å². The lowest BCUT2D eigenvalue weighted by Gasteiger charge is -2.24. The van der Waals surface area contributed by atoms with Crippen LogP contribution in [0.3, 0.4) is 0 Å². The topological polar surface area (TPSA) is 145 Å². The lowest BCUT2D eigenvalue weighted by Crippen LogP contribution is -2.39. The lowest BCUT2D eigenvalue weighted by atomic mass is 9.96. The predicted molar refractivity (Wildman–Crippen MR) is 188 cm³/mol. The van der Waals surface area contributed by atoms with Gasteiger partial charge in [-0.15, -0.1) is 16.9 Å². The predicted octanol–water partition coefficient (Wildman–Crippen LogP) is 6.67. The van der Waals surface area contributed by atoms with Gasteiger partial charge in [0.1, 0.15) is 0 Å². The van der Waals surface area contributed by atoms with Gasteiger partial charge < -0.3 is 4.74 Å². The van der Waals surface area contributed by atoms with E-state index >= 15 is 0 Å². The van der Waals surface area contributed by atoms with Crippen molar-refractivity contribution in [1.29, 1.82) is 0 Å². The number of rotatable bonds is 9. The Morgan fingerprint density at radius 1 is 1.17 bits per heavy atom. The van der Waals surface area contributed by atoms with Crippen molar-refractivity contribution in [3.05, 3.63) is 123 Å². The second kappa shape index (κ2) is 14.1. The summed E-state index contributed by atoms with van der Waals surface area (Å²) in [7, 11) is 0. The first-order valence-electron chi connectivity index (χ1n) is 14.3. The number of nitro groups is 1. The number of thioether (sulfide) groups is 1. The molecule has 0 aliphatic carbocycles. The van der Waals surface area contributed by atoms with E-state index in [1.807, 2.05) is 30.5 Å². The molecule has 244 valence electrons. The second-order valence-corrected chi connectivity index (χ2v) is 14.0. The van der Waals surface area contributed by atoms with Crippen LogP contribution in [0, 0.1) is 10.1 Å². The molecule has 3 aromatic carbocycles. The number of nitrogens with zero attached hydrogens (tertiary/aromatic N) is 5. The van der Waals surface area contributed by atoms with Crippen molar-refractivity contribution >= 4 is 75.8 Å². The number of H-pyrrole nitrogens is 1. The summed E-state index contributed by atoms with van der Waals surface area (Å²) in [5.74, 6) is -0.167. The molecule has 16 heteroatoms. The normalized spacial score (nSPS) is 14.5. The zero-order valence-corrected chi connectivity index (χ0v) is 29.4. The van der Waals surface area contributed by atoms with Crippen LogP contribution < -0.4 is 14.9 Å². The zero-order chi connectivity index (χ0) is 34.1. The number of nitrogens with one attached hydrogen (secondary N) is 1. The Bertz CT molecular complexity index is 2300. The van der Waals surface area contributed by atoms with Gasteiger partial charge in [0, 0.05) is 21.5 Å². The van der Waals surface area contributed by atoms with Crippen molar-refractivity contribution in [3.8, 4) is 11.4 Å². The molecule has 48 heavy (non-hydrogen) atoms. The molecule has 1 atom stereocenters. The Morgan fingerprint density at radius 2 is 1.94 bits per heavy atom. The van der Waals surface area contributed by atoms with E-state index in [0.717, 1.165) is 33.6 Å². The fraction of sp³-hybridized carbons (Fsp3) is 0.156. The Hall–Kier alpha value is -4.21. The van der Waals surface area contributed by atoms with Crippen molar-refractivity contribution in [2.45, 2.75) is 34.8 Å². The monoisotopic (exact) mass is 738 g/mol. The summed E-state index contributed by atoms with van der Waals surface area (Å²) in [6.45, 7) is 3.60. The highest BCUT2D eigenvalue weighted by molar-refractivity contribution is 7.99. The third-order valence-electron chi connectivity index (χ3n) is 7.28. The van der Waals surface area contributed by atoms with Gasteiger partial charge in [0.05, 0.1) is 43.3 Å². The molecule has 0 radical (unpaired) electrons. The van der Waals surface area contributed by atoms with Gasteiger partial charge in [-0.2, -0.15) is 0 Å². The highest BCUT2D eigenvalue weighted by Crippen LogP contribution is 2.36. The number of carbonyl (C=O) groups excluding carboxylic acids is 1. The maximum absolute atomic E-state index is 14.0. The van der Waals surface area contributed by atoms with Gasteiger partial charge in [-0.05, 0) is 85.5 Å². The molecule has 0 bridgehead atoms. The molecule has 0 saturated heterocycles. The number of nitro benzene ring substituents is 1. The van der Waals surface area contributed by atoms with E-state index in [9.17, 15) is 19.7 Å². The first kappa shape index (κ1) is 33.7. The number of hydrogen-bond acceptors (Lipinski definition) is 11. The number of aromatic nitrogens is 4. The van der Waals surface area contributed by atoms with Crippen molar-refractivity contribution in [2.75, 3.05) is 12.9 Å². The summed E-state index contributed by atoms with van der Waals surface area (Å²) >= 11 is 16.0. The van der Waals surface area contributed by atoms with Gasteiger partial charge in [0.2, 0.25) is 5.16 Å². The van der Waals surface area contributed by atoms with Crippen molar-refractivity contribution < 1.29 is 14.5 Å². The Labute approximate surface area is 295 Å². The van der Waals surface area contributed by atoms with Gasteiger partial charge in [-0.1, -0.05) is 52.7 Å². The molecule has 0 spiro atoms. The first-order chi connectivity index (χ1) is 23.1. The van der Waals surface area contributed by atoms with E-state index in [0.29, 0.717) is 46.9 Å². The molecule has 5 aromatic rings.